The Morgan fingerprint density at radius 3 is 2.68 bits per heavy atom. The molecule has 0 fully saturated rings. The molecule has 22 heavy (non-hydrogen) atoms. The molecule has 1 aromatic carbocycles. The summed E-state index contributed by atoms with van der Waals surface area (Å²) in [4.78, 5) is 8.38. The van der Waals surface area contributed by atoms with Gasteiger partial charge in [0, 0.05) is 37.0 Å². The fourth-order valence-electron chi connectivity index (χ4n) is 2.31. The fraction of sp³-hybridized carbons (Fsp3) is 0.188. The number of aryl methyl sites for hydroxylation is 2. The van der Waals surface area contributed by atoms with Gasteiger partial charge in [-0.1, -0.05) is 41.9 Å². The third-order valence-corrected chi connectivity index (χ3v) is 3.41. The Labute approximate surface area is 134 Å². The molecule has 0 amide bonds. The summed E-state index contributed by atoms with van der Waals surface area (Å²) in [5.74, 6) is 1.35. The van der Waals surface area contributed by atoms with E-state index in [9.17, 15) is 0 Å². The van der Waals surface area contributed by atoms with Gasteiger partial charge in [0.1, 0.15) is 16.8 Å². The Hall–Kier alpha value is -2.40. The first-order valence-electron chi connectivity index (χ1n) is 6.95. The quantitative estimate of drug-likeness (QED) is 0.750. The van der Waals surface area contributed by atoms with Gasteiger partial charge in [-0.15, -0.1) is 0 Å². The normalized spacial score (nSPS) is 10.7. The summed E-state index contributed by atoms with van der Waals surface area (Å²) in [5, 5.41) is 8.26. The van der Waals surface area contributed by atoms with E-state index >= 15 is 0 Å². The van der Waals surface area contributed by atoms with Gasteiger partial charge < -0.3 is 5.32 Å². The molecule has 5 nitrogen and oxygen atoms in total. The largest absolute Gasteiger partial charge is 0.366 e. The van der Waals surface area contributed by atoms with Crippen LogP contribution in [0.15, 0.2) is 42.6 Å². The Balaban J connectivity index is 1.84. The molecule has 6 heteroatoms. The van der Waals surface area contributed by atoms with Crippen molar-refractivity contribution in [3.8, 4) is 11.3 Å². The molecule has 2 aromatic heterocycles. The summed E-state index contributed by atoms with van der Waals surface area (Å²) < 4.78 is 1.82. The molecule has 0 bridgehead atoms. The van der Waals surface area contributed by atoms with Crippen molar-refractivity contribution in [3.63, 3.8) is 0 Å². The second-order valence-corrected chi connectivity index (χ2v) is 5.41. The molecule has 112 valence electrons. The molecule has 0 spiro atoms. The monoisotopic (exact) mass is 313 g/mol. The maximum atomic E-state index is 5.96. The molecule has 2 heterocycles. The first kappa shape index (κ1) is 14.5. The third-order valence-electron chi connectivity index (χ3n) is 3.22. The second kappa shape index (κ2) is 6.15. The number of hydrogen-bond donors (Lipinski definition) is 1. The van der Waals surface area contributed by atoms with Crippen molar-refractivity contribution in [1.82, 2.24) is 19.7 Å². The van der Waals surface area contributed by atoms with Crippen LogP contribution in [0.2, 0.25) is 5.15 Å². The van der Waals surface area contributed by atoms with Crippen LogP contribution in [-0.2, 0) is 13.6 Å². The van der Waals surface area contributed by atoms with Gasteiger partial charge in [-0.2, -0.15) is 5.10 Å². The van der Waals surface area contributed by atoms with E-state index in [4.69, 9.17) is 11.6 Å². The number of nitrogens with one attached hydrogen (secondary N) is 1. The summed E-state index contributed by atoms with van der Waals surface area (Å²) in [7, 11) is 1.92. The average Bonchev–Trinajstić information content (AvgIpc) is 2.86. The van der Waals surface area contributed by atoms with Gasteiger partial charge in [-0.25, -0.2) is 9.97 Å². The van der Waals surface area contributed by atoms with Crippen LogP contribution in [0, 0.1) is 6.92 Å². The van der Waals surface area contributed by atoms with Gasteiger partial charge in [0.25, 0.3) is 0 Å². The molecular weight excluding hydrogens is 298 g/mol. The highest BCUT2D eigenvalue weighted by Crippen LogP contribution is 2.22. The van der Waals surface area contributed by atoms with Gasteiger partial charge in [0.2, 0.25) is 0 Å². The molecule has 3 rings (SSSR count). The molecule has 0 saturated carbocycles. The Kier molecular flexibility index (Phi) is 4.06. The van der Waals surface area contributed by atoms with Gasteiger partial charge in [-0.3, -0.25) is 4.68 Å². The first-order valence-corrected chi connectivity index (χ1v) is 7.32. The zero-order valence-corrected chi connectivity index (χ0v) is 13.2. The summed E-state index contributed by atoms with van der Waals surface area (Å²) in [5.41, 5.74) is 3.16. The summed E-state index contributed by atoms with van der Waals surface area (Å²) in [6, 6.07) is 11.8. The number of anilines is 1. The van der Waals surface area contributed by atoms with E-state index in [2.05, 4.69) is 32.5 Å². The third kappa shape index (κ3) is 3.26. The van der Waals surface area contributed by atoms with Crippen molar-refractivity contribution in [1.29, 1.82) is 0 Å². The summed E-state index contributed by atoms with van der Waals surface area (Å²) in [6.07, 6.45) is 2.00. The van der Waals surface area contributed by atoms with Crippen molar-refractivity contribution in [2.45, 2.75) is 13.5 Å². The maximum Gasteiger partial charge on any atom is 0.134 e. The van der Waals surface area contributed by atoms with Gasteiger partial charge >= 0.3 is 0 Å². The minimum atomic E-state index is 0.435. The van der Waals surface area contributed by atoms with E-state index in [1.807, 2.05) is 43.0 Å². The molecule has 0 atom stereocenters. The number of hydrogen-bond acceptors (Lipinski definition) is 4. The van der Waals surface area contributed by atoms with E-state index in [-0.39, 0.29) is 0 Å². The predicted molar refractivity (Wildman–Crippen MR) is 87.7 cm³/mol. The standard InChI is InChI=1S/C16H16ClN5/c1-11-19-14(17)8-15(20-11)18-9-13-10-22(2)21-16(13)12-6-4-3-5-7-12/h3-8,10H,9H2,1-2H3,(H,18,19,20). The highest BCUT2D eigenvalue weighted by Gasteiger charge is 2.10. The summed E-state index contributed by atoms with van der Waals surface area (Å²) in [6.45, 7) is 2.43. The van der Waals surface area contributed by atoms with E-state index < -0.39 is 0 Å². The molecule has 0 aliphatic carbocycles. The minimum Gasteiger partial charge on any atom is -0.366 e. The van der Waals surface area contributed by atoms with Crippen LogP contribution in [0.5, 0.6) is 0 Å². The van der Waals surface area contributed by atoms with Crippen LogP contribution in [-0.4, -0.2) is 19.7 Å². The van der Waals surface area contributed by atoms with Crippen LogP contribution < -0.4 is 5.32 Å². The lowest BCUT2D eigenvalue weighted by molar-refractivity contribution is 0.770. The smallest absolute Gasteiger partial charge is 0.134 e. The number of rotatable bonds is 4. The second-order valence-electron chi connectivity index (χ2n) is 5.02. The van der Waals surface area contributed by atoms with Crippen LogP contribution >= 0.6 is 11.6 Å². The molecular formula is C16H16ClN5. The van der Waals surface area contributed by atoms with Crippen LogP contribution in [0.1, 0.15) is 11.4 Å². The number of aromatic nitrogens is 4. The SMILES string of the molecule is Cc1nc(Cl)cc(NCc2cn(C)nc2-c2ccccc2)n1. The molecule has 3 aromatic rings. The lowest BCUT2D eigenvalue weighted by Gasteiger charge is -2.07. The highest BCUT2D eigenvalue weighted by atomic mass is 35.5. The maximum absolute atomic E-state index is 5.96. The average molecular weight is 314 g/mol. The number of benzene rings is 1. The Bertz CT molecular complexity index is 762. The topological polar surface area (TPSA) is 55.6 Å². The van der Waals surface area contributed by atoms with Gasteiger partial charge in [0.05, 0.1) is 5.69 Å². The van der Waals surface area contributed by atoms with E-state index in [1.165, 1.54) is 0 Å². The molecule has 0 radical (unpaired) electrons. The lowest BCUT2D eigenvalue weighted by atomic mass is 10.1. The van der Waals surface area contributed by atoms with Crippen molar-refractivity contribution >= 4 is 17.4 Å². The van der Waals surface area contributed by atoms with Crippen LogP contribution in [0.3, 0.4) is 0 Å². The molecule has 0 saturated heterocycles. The van der Waals surface area contributed by atoms with Crippen molar-refractivity contribution in [2.75, 3.05) is 5.32 Å². The van der Waals surface area contributed by atoms with E-state index in [0.717, 1.165) is 16.8 Å². The number of halogens is 1. The van der Waals surface area contributed by atoms with Gasteiger partial charge in [0.15, 0.2) is 0 Å². The highest BCUT2D eigenvalue weighted by molar-refractivity contribution is 6.29. The lowest BCUT2D eigenvalue weighted by Crippen LogP contribution is -2.03. The van der Waals surface area contributed by atoms with Gasteiger partial charge in [-0.05, 0) is 6.92 Å². The van der Waals surface area contributed by atoms with Crippen molar-refractivity contribution in [2.24, 2.45) is 7.05 Å². The summed E-state index contributed by atoms with van der Waals surface area (Å²) >= 11 is 5.96. The predicted octanol–water partition coefficient (Wildman–Crippen LogP) is 3.45. The fourth-order valence-corrected chi connectivity index (χ4v) is 2.54. The first-order chi connectivity index (χ1) is 10.6. The van der Waals surface area contributed by atoms with Crippen LogP contribution in [0.4, 0.5) is 5.82 Å². The van der Waals surface area contributed by atoms with E-state index in [1.54, 1.807) is 6.07 Å². The van der Waals surface area contributed by atoms with Crippen molar-refractivity contribution < 1.29 is 0 Å². The van der Waals surface area contributed by atoms with Crippen molar-refractivity contribution in [3.05, 3.63) is 59.1 Å². The van der Waals surface area contributed by atoms with E-state index in [0.29, 0.717) is 23.3 Å². The zero-order chi connectivity index (χ0) is 15.5. The molecule has 0 aliphatic rings. The molecule has 0 unspecified atom stereocenters. The Morgan fingerprint density at radius 1 is 1.18 bits per heavy atom. The minimum absolute atomic E-state index is 0.435. The Morgan fingerprint density at radius 2 is 1.95 bits per heavy atom. The molecule has 1 N–H and O–H groups in total. The number of nitrogens with zero attached hydrogens (tertiary/aromatic N) is 4. The zero-order valence-electron chi connectivity index (χ0n) is 12.4. The molecule has 0 aliphatic heterocycles. The van der Waals surface area contributed by atoms with Crippen LogP contribution in [0.25, 0.3) is 11.3 Å².